The van der Waals surface area contributed by atoms with Crippen LogP contribution in [-0.4, -0.2) is 111 Å². The van der Waals surface area contributed by atoms with Crippen molar-refractivity contribution in [2.75, 3.05) is 59.4 Å². The van der Waals surface area contributed by atoms with Crippen LogP contribution < -0.4 is 10.6 Å². The van der Waals surface area contributed by atoms with Crippen LogP contribution in [0.3, 0.4) is 0 Å². The lowest BCUT2D eigenvalue weighted by atomic mass is 9.96. The number of rotatable bonds is 34. The molecule has 0 saturated heterocycles. The molecule has 0 rings (SSSR count). The first-order valence-corrected chi connectivity index (χ1v) is 18.4. The van der Waals surface area contributed by atoms with E-state index in [4.69, 9.17) is 33.9 Å². The molecule has 292 valence electrons. The molecule has 14 heteroatoms. The first kappa shape index (κ1) is 47.2. The molecule has 0 bridgehead atoms. The van der Waals surface area contributed by atoms with E-state index in [0.717, 1.165) is 19.3 Å². The summed E-state index contributed by atoms with van der Waals surface area (Å²) in [5, 5.41) is 22.8. The third-order valence-electron chi connectivity index (χ3n) is 7.52. The highest BCUT2D eigenvalue weighted by molar-refractivity contribution is 5.84. The highest BCUT2D eigenvalue weighted by Gasteiger charge is 2.27. The molecular weight excluding hydrogens is 652 g/mol. The van der Waals surface area contributed by atoms with E-state index in [9.17, 15) is 24.0 Å². The highest BCUT2D eigenvalue weighted by atomic mass is 16.6. The third kappa shape index (κ3) is 31.2. The van der Waals surface area contributed by atoms with Gasteiger partial charge in [0.25, 0.3) is 0 Å². The van der Waals surface area contributed by atoms with Crippen LogP contribution in [0.2, 0.25) is 0 Å². The largest absolute Gasteiger partial charge is 0.481 e. The number of carbonyl (C=O) groups is 5. The van der Waals surface area contributed by atoms with E-state index < -0.39 is 35.4 Å². The van der Waals surface area contributed by atoms with Crippen LogP contribution in [0.25, 0.3) is 0 Å². The molecule has 0 aliphatic carbocycles. The molecule has 0 aromatic rings. The standard InChI is InChI=1S/C36H66N2O12/c1-5-6-7-8-9-10-11-12-13-14-15-29(35(45)50-36(2,3)4)28-32(40)37-19-21-47-23-25-49-27-26-48-24-22-46-20-18-31(39)38-30(34(43)44)16-17-33(41)42/h29-30H,5-28H2,1-4H3,(H,37,40)(H,38,39)(H,41,42)(H,43,44). The number of aliphatic carboxylic acids is 2. The smallest absolute Gasteiger partial charge is 0.326 e. The summed E-state index contributed by atoms with van der Waals surface area (Å²) in [6.45, 7) is 10.3. The van der Waals surface area contributed by atoms with Crippen molar-refractivity contribution in [3.63, 3.8) is 0 Å². The first-order valence-electron chi connectivity index (χ1n) is 18.4. The van der Waals surface area contributed by atoms with Gasteiger partial charge in [-0.05, 0) is 33.6 Å². The molecule has 0 heterocycles. The molecule has 0 aliphatic rings. The van der Waals surface area contributed by atoms with Crippen LogP contribution in [0, 0.1) is 5.92 Å². The molecule has 2 amide bonds. The Labute approximate surface area is 299 Å². The summed E-state index contributed by atoms with van der Waals surface area (Å²) in [5.41, 5.74) is -0.604. The van der Waals surface area contributed by atoms with Crippen LogP contribution >= 0.6 is 0 Å². The Morgan fingerprint density at radius 1 is 0.620 bits per heavy atom. The van der Waals surface area contributed by atoms with Gasteiger partial charge in [-0.25, -0.2) is 4.79 Å². The predicted molar refractivity (Wildman–Crippen MR) is 188 cm³/mol. The Morgan fingerprint density at radius 3 is 1.62 bits per heavy atom. The summed E-state index contributed by atoms with van der Waals surface area (Å²) < 4.78 is 27.2. The van der Waals surface area contributed by atoms with Gasteiger partial charge in [0.05, 0.1) is 58.8 Å². The minimum absolute atomic E-state index is 0.0598. The number of carboxylic acid groups (broad SMARTS) is 2. The van der Waals surface area contributed by atoms with E-state index in [0.29, 0.717) is 46.0 Å². The van der Waals surface area contributed by atoms with E-state index in [1.54, 1.807) is 0 Å². The van der Waals surface area contributed by atoms with E-state index in [-0.39, 0.29) is 57.4 Å². The summed E-state index contributed by atoms with van der Waals surface area (Å²) in [6, 6.07) is -1.26. The van der Waals surface area contributed by atoms with Crippen LogP contribution in [0.15, 0.2) is 0 Å². The Morgan fingerprint density at radius 2 is 1.12 bits per heavy atom. The number of carboxylic acids is 2. The molecule has 4 N–H and O–H groups in total. The van der Waals surface area contributed by atoms with Crippen molar-refractivity contribution >= 4 is 29.7 Å². The number of ether oxygens (including phenoxy) is 5. The zero-order valence-corrected chi connectivity index (χ0v) is 31.1. The normalized spacial score (nSPS) is 12.6. The zero-order chi connectivity index (χ0) is 37.5. The van der Waals surface area contributed by atoms with Crippen LogP contribution in [0.5, 0.6) is 0 Å². The maximum atomic E-state index is 12.8. The molecule has 0 spiro atoms. The van der Waals surface area contributed by atoms with Crippen molar-refractivity contribution < 1.29 is 57.9 Å². The van der Waals surface area contributed by atoms with Gasteiger partial charge in [0.1, 0.15) is 11.6 Å². The van der Waals surface area contributed by atoms with Gasteiger partial charge in [0, 0.05) is 25.8 Å². The van der Waals surface area contributed by atoms with Crippen LogP contribution in [0.1, 0.15) is 124 Å². The highest BCUT2D eigenvalue weighted by Crippen LogP contribution is 2.20. The molecule has 14 nitrogen and oxygen atoms in total. The first-order chi connectivity index (χ1) is 23.9. The second-order valence-corrected chi connectivity index (χ2v) is 13.3. The molecular formula is C36H66N2O12. The molecule has 0 aromatic heterocycles. The monoisotopic (exact) mass is 718 g/mol. The van der Waals surface area contributed by atoms with Gasteiger partial charge in [-0.3, -0.25) is 19.2 Å². The number of hydrogen-bond acceptors (Lipinski definition) is 10. The summed E-state index contributed by atoms with van der Waals surface area (Å²) in [5.74, 6) is -3.95. The quantitative estimate of drug-likeness (QED) is 0.0532. The van der Waals surface area contributed by atoms with E-state index in [1.807, 2.05) is 20.8 Å². The van der Waals surface area contributed by atoms with Crippen molar-refractivity contribution in [3.05, 3.63) is 0 Å². The van der Waals surface area contributed by atoms with E-state index in [2.05, 4.69) is 17.6 Å². The fourth-order valence-electron chi connectivity index (χ4n) is 4.84. The average Bonchev–Trinajstić information content (AvgIpc) is 3.04. The Bertz CT molecular complexity index is 925. The SMILES string of the molecule is CCCCCCCCCCCCC(CC(=O)NCCOCCOCCOCCOCCC(=O)NC(CCC(=O)O)C(=O)O)C(=O)OC(C)(C)C. The predicted octanol–water partition coefficient (Wildman–Crippen LogP) is 4.65. The zero-order valence-electron chi connectivity index (χ0n) is 31.1. The van der Waals surface area contributed by atoms with Gasteiger partial charge in [-0.1, -0.05) is 71.1 Å². The van der Waals surface area contributed by atoms with Crippen molar-refractivity contribution in [2.45, 2.75) is 136 Å². The maximum Gasteiger partial charge on any atom is 0.326 e. The van der Waals surface area contributed by atoms with E-state index >= 15 is 0 Å². The van der Waals surface area contributed by atoms with Gasteiger partial charge in [0.15, 0.2) is 0 Å². The lowest BCUT2D eigenvalue weighted by molar-refractivity contribution is -0.161. The number of esters is 1. The molecule has 0 fully saturated rings. The number of amides is 2. The topological polar surface area (TPSA) is 196 Å². The second kappa shape index (κ2) is 31.0. The van der Waals surface area contributed by atoms with Crippen LogP contribution in [-0.2, 0) is 47.7 Å². The third-order valence-corrected chi connectivity index (χ3v) is 7.52. The maximum absolute atomic E-state index is 12.8. The van der Waals surface area contributed by atoms with Crippen molar-refractivity contribution in [1.29, 1.82) is 0 Å². The van der Waals surface area contributed by atoms with Crippen LogP contribution in [0.4, 0.5) is 0 Å². The second-order valence-electron chi connectivity index (χ2n) is 13.3. The van der Waals surface area contributed by atoms with Gasteiger partial charge < -0.3 is 44.5 Å². The van der Waals surface area contributed by atoms with Crippen molar-refractivity contribution in [1.82, 2.24) is 10.6 Å². The van der Waals surface area contributed by atoms with Gasteiger partial charge in [0.2, 0.25) is 11.8 Å². The molecule has 0 aliphatic heterocycles. The summed E-state index contributed by atoms with van der Waals surface area (Å²) in [7, 11) is 0. The minimum atomic E-state index is -1.29. The Kier molecular flexibility index (Phi) is 29.2. The van der Waals surface area contributed by atoms with Crippen molar-refractivity contribution in [3.8, 4) is 0 Å². The summed E-state index contributed by atoms with van der Waals surface area (Å²) in [4.78, 5) is 58.9. The molecule has 0 saturated carbocycles. The van der Waals surface area contributed by atoms with Gasteiger partial charge >= 0.3 is 17.9 Å². The number of unbranched alkanes of at least 4 members (excludes halogenated alkanes) is 9. The Balaban J connectivity index is 3.92. The average molecular weight is 719 g/mol. The lowest BCUT2D eigenvalue weighted by Gasteiger charge is -2.24. The molecule has 2 atom stereocenters. The fraction of sp³-hybridized carbons (Fsp3) is 0.861. The molecule has 0 aromatic carbocycles. The van der Waals surface area contributed by atoms with Crippen molar-refractivity contribution in [2.24, 2.45) is 5.92 Å². The fourth-order valence-corrected chi connectivity index (χ4v) is 4.84. The van der Waals surface area contributed by atoms with Gasteiger partial charge in [-0.2, -0.15) is 0 Å². The Hall–Kier alpha value is -2.81. The lowest BCUT2D eigenvalue weighted by Crippen LogP contribution is -2.41. The minimum Gasteiger partial charge on any atom is -0.481 e. The number of carbonyl (C=O) groups excluding carboxylic acids is 3. The molecule has 2 unspecified atom stereocenters. The van der Waals surface area contributed by atoms with E-state index in [1.165, 1.54) is 44.9 Å². The summed E-state index contributed by atoms with van der Waals surface area (Å²) in [6.07, 6.45) is 12.2. The molecule has 50 heavy (non-hydrogen) atoms. The molecule has 0 radical (unpaired) electrons. The number of hydrogen-bond donors (Lipinski definition) is 4. The summed E-state index contributed by atoms with van der Waals surface area (Å²) >= 11 is 0. The van der Waals surface area contributed by atoms with Gasteiger partial charge in [-0.15, -0.1) is 0 Å². The number of nitrogens with one attached hydrogen (secondary N) is 2.